The highest BCUT2D eigenvalue weighted by atomic mass is 14.4. The molecule has 0 nitrogen and oxygen atoms in total. The molecule has 0 amide bonds. The summed E-state index contributed by atoms with van der Waals surface area (Å²) in [6.07, 6.45) is 4.22. The van der Waals surface area contributed by atoms with E-state index in [1.165, 1.54) is 107 Å². The quantitative estimate of drug-likeness (QED) is 0.156. The largest absolute Gasteiger partial charge is 0.0648 e. The Hall–Kier alpha value is -5.46. The van der Waals surface area contributed by atoms with E-state index in [1.54, 1.807) is 11.1 Å². The second-order valence-electron chi connectivity index (χ2n) is 53.0. The van der Waals surface area contributed by atoms with Gasteiger partial charge in [0.15, 0.2) is 0 Å². The van der Waals surface area contributed by atoms with Crippen LogP contribution >= 0.6 is 0 Å². The van der Waals surface area contributed by atoms with E-state index >= 15 is 0 Å². The maximum absolute atomic E-state index is 8.58. The molecule has 678 valence electrons. The molecule has 0 N–H and O–H groups in total. The molecule has 0 bridgehead atoms. The first-order valence-corrected chi connectivity index (χ1v) is 47.0. The standard InChI is InChI=1S/C22H38.3C18H30.2C15H24.C14H22/c1-19(2,3)15-13-16(20(4,5)6)18(22(10,11)12)17(14-15)21(7,8)9;1-16(2,3)13-10-14(17(4,5)6)12-15(11-13)18(7,8)9;2*1-16(2,3)13-10-11-14(17(4,5)6)15(12-13)18(7,8)9;2*1-6-12(7-2)13-10-8-9-11-14(13)15(3,4)5;1-13(2,3)11-9-7-8-10-12(11)14(4,5)6/h13-14H,1-12H3;3*10-12H,1-9H3;2*8-12H,6-7H2,1-5H3;7-10H,1-6H3/i;;;;12D;;. The van der Waals surface area contributed by atoms with E-state index in [0.29, 0.717) is 0 Å². The van der Waals surface area contributed by atoms with Crippen molar-refractivity contribution >= 4 is 0 Å². The molecule has 0 heteroatoms. The zero-order chi connectivity index (χ0) is 95.6. The third-order valence-corrected chi connectivity index (χ3v) is 23.6. The SMILES string of the molecule is CC(C)(C)c1cc(C(C)(C)C)c(C(C)(C)C)c(C(C)(C)C)c1.CC(C)(C)c1cc(C(C)(C)C)cc(C(C)(C)C)c1.CC(C)(C)c1ccc(C(C)(C)C)c(C(C)(C)C)c1.CC(C)(C)c1ccc(C(C)(C)C)c(C(C)(C)C)c1.CC(C)(C)c1ccccc1C(C)(C)C.CCC(CC)c1ccccc1C(C)(C)C.[2H]C(CC)(CC)c1ccccc1C(C)(C)C. The molecule has 120 heavy (non-hydrogen) atoms. The van der Waals surface area contributed by atoms with Crippen LogP contribution in [0.15, 0.2) is 140 Å². The second kappa shape index (κ2) is 41.3. The van der Waals surface area contributed by atoms with Crippen molar-refractivity contribution in [3.63, 3.8) is 0 Å². The molecule has 7 aromatic carbocycles. The maximum atomic E-state index is 8.58. The van der Waals surface area contributed by atoms with Crippen molar-refractivity contribution in [3.05, 3.63) is 245 Å². The zero-order valence-electron chi connectivity index (χ0n) is 91.2. The molecule has 0 saturated carbocycles. The van der Waals surface area contributed by atoms with Gasteiger partial charge in [-0.05, 0) is 235 Å². The van der Waals surface area contributed by atoms with Crippen LogP contribution in [0.4, 0.5) is 0 Å². The minimum atomic E-state index is -0.427. The summed E-state index contributed by atoms with van der Waals surface area (Å²) in [5, 5.41) is 0. The van der Waals surface area contributed by atoms with Gasteiger partial charge in [-0.25, -0.2) is 0 Å². The lowest BCUT2D eigenvalue weighted by Crippen LogP contribution is -2.29. The van der Waals surface area contributed by atoms with Gasteiger partial charge in [0.2, 0.25) is 0 Å². The van der Waals surface area contributed by atoms with Gasteiger partial charge in [0.05, 0.1) is 0 Å². The summed E-state index contributed by atoms with van der Waals surface area (Å²) in [6.45, 7) is 126. The molecule has 0 aliphatic heterocycles. The smallest absolute Gasteiger partial charge is 0.0352 e. The van der Waals surface area contributed by atoms with Gasteiger partial charge in [0.25, 0.3) is 0 Å². The molecule has 0 aromatic heterocycles. The van der Waals surface area contributed by atoms with Gasteiger partial charge in [-0.3, -0.25) is 0 Å². The Kier molecular flexibility index (Phi) is 38.1. The molecule has 0 aliphatic carbocycles. The van der Waals surface area contributed by atoms with Crippen LogP contribution in [0.25, 0.3) is 0 Å². The fourth-order valence-corrected chi connectivity index (χ4v) is 15.7. The number of hydrogen-bond acceptors (Lipinski definition) is 0. The normalized spacial score (nSPS) is 13.6. The Morgan fingerprint density at radius 2 is 0.367 bits per heavy atom. The molecule has 0 radical (unpaired) electrons. The predicted octanol–water partition coefficient (Wildman–Crippen LogP) is 37.7. The van der Waals surface area contributed by atoms with E-state index < -0.39 is 5.89 Å². The van der Waals surface area contributed by atoms with Crippen LogP contribution in [0.3, 0.4) is 0 Å². The summed E-state index contributed by atoms with van der Waals surface area (Å²) in [5.41, 5.74) is 31.0. The van der Waals surface area contributed by atoms with Crippen molar-refractivity contribution in [1.29, 1.82) is 0 Å². The Bertz CT molecular complexity index is 4080. The third kappa shape index (κ3) is 35.2. The van der Waals surface area contributed by atoms with Gasteiger partial charge in [-0.15, -0.1) is 0 Å². The van der Waals surface area contributed by atoms with Gasteiger partial charge < -0.3 is 0 Å². The average Bonchev–Trinajstić information content (AvgIpc) is 0.744. The summed E-state index contributed by atoms with van der Waals surface area (Å²) >= 11 is 0. The number of benzene rings is 7. The summed E-state index contributed by atoms with van der Waals surface area (Å²) in [7, 11) is 0. The first kappa shape index (κ1) is 111. The van der Waals surface area contributed by atoms with Crippen molar-refractivity contribution in [2.24, 2.45) is 0 Å². The highest BCUT2D eigenvalue weighted by molar-refractivity contribution is 5.52. The van der Waals surface area contributed by atoms with Crippen LogP contribution in [-0.2, 0) is 92.1 Å². The topological polar surface area (TPSA) is 0 Å². The van der Waals surface area contributed by atoms with E-state index in [4.69, 9.17) is 1.37 Å². The molecule has 0 fully saturated rings. The Labute approximate surface area is 752 Å². The first-order valence-electron chi connectivity index (χ1n) is 47.5. The molecule has 0 heterocycles. The van der Waals surface area contributed by atoms with E-state index in [-0.39, 0.29) is 92.1 Å². The molecule has 0 atom stereocenters. The minimum absolute atomic E-state index is 0.118. The van der Waals surface area contributed by atoms with Crippen molar-refractivity contribution in [2.45, 2.75) is 510 Å². The lowest BCUT2D eigenvalue weighted by Gasteiger charge is -2.38. The zero-order valence-corrected chi connectivity index (χ0v) is 90.2. The second-order valence-corrected chi connectivity index (χ2v) is 53.0. The van der Waals surface area contributed by atoms with Gasteiger partial charge in [0.1, 0.15) is 0 Å². The molecule has 7 aromatic rings. The van der Waals surface area contributed by atoms with Crippen LogP contribution in [0.2, 0.25) is 0 Å². The van der Waals surface area contributed by atoms with Crippen molar-refractivity contribution in [3.8, 4) is 0 Å². The van der Waals surface area contributed by atoms with E-state index in [0.717, 1.165) is 18.8 Å². The van der Waals surface area contributed by atoms with Crippen LogP contribution in [0.1, 0.15) is 525 Å². The van der Waals surface area contributed by atoms with Crippen LogP contribution in [-0.4, -0.2) is 0 Å². The van der Waals surface area contributed by atoms with Crippen LogP contribution in [0, 0.1) is 0 Å². The molecule has 0 unspecified atom stereocenters. The Morgan fingerprint density at radius 1 is 0.175 bits per heavy atom. The fourth-order valence-electron chi connectivity index (χ4n) is 15.7. The van der Waals surface area contributed by atoms with Gasteiger partial charge in [-0.1, -0.05) is 520 Å². The third-order valence-electron chi connectivity index (χ3n) is 23.6. The van der Waals surface area contributed by atoms with Gasteiger partial charge in [-0.2, -0.15) is 0 Å². The summed E-state index contributed by atoms with van der Waals surface area (Å²) in [5.74, 6) is 0.296. The molecular formula is C120H198. The summed E-state index contributed by atoms with van der Waals surface area (Å²) in [6, 6.07) is 52.3. The highest BCUT2D eigenvalue weighted by Gasteiger charge is 2.36. The Morgan fingerprint density at radius 3 is 0.575 bits per heavy atom. The van der Waals surface area contributed by atoms with Crippen molar-refractivity contribution in [2.75, 3.05) is 0 Å². The lowest BCUT2D eigenvalue weighted by atomic mass is 9.66. The summed E-state index contributed by atoms with van der Waals surface area (Å²) in [4.78, 5) is 0. The summed E-state index contributed by atoms with van der Waals surface area (Å²) < 4.78 is 8.58. The molecule has 0 aliphatic rings. The van der Waals surface area contributed by atoms with Gasteiger partial charge in [0, 0.05) is 1.37 Å². The van der Waals surface area contributed by atoms with E-state index in [1.807, 2.05) is 0 Å². The fraction of sp³-hybridized carbons (Fsp3) is 0.650. The van der Waals surface area contributed by atoms with Crippen LogP contribution < -0.4 is 0 Å². The first-order chi connectivity index (χ1) is 53.5. The molecular weight excluding hydrogens is 1440 g/mol. The van der Waals surface area contributed by atoms with Gasteiger partial charge >= 0.3 is 0 Å². The molecule has 0 saturated heterocycles. The highest BCUT2D eigenvalue weighted by Crippen LogP contribution is 2.46. The van der Waals surface area contributed by atoms with Crippen molar-refractivity contribution < 1.29 is 1.37 Å². The number of rotatable bonds is 6. The van der Waals surface area contributed by atoms with Crippen molar-refractivity contribution in [1.82, 2.24) is 0 Å². The monoisotopic (exact) mass is 1640 g/mol. The Balaban J connectivity index is 0.000000709. The number of hydrogen-bond donors (Lipinski definition) is 0. The van der Waals surface area contributed by atoms with E-state index in [9.17, 15) is 0 Å². The predicted molar refractivity (Wildman–Crippen MR) is 550 cm³/mol. The molecule has 0 spiro atoms. The van der Waals surface area contributed by atoms with Crippen LogP contribution in [0.5, 0.6) is 0 Å². The lowest BCUT2D eigenvalue weighted by molar-refractivity contribution is 0.490. The molecule has 7 rings (SSSR count). The van der Waals surface area contributed by atoms with E-state index in [2.05, 4.69) is 520 Å². The average molecular weight is 1640 g/mol. The minimum Gasteiger partial charge on any atom is -0.0648 e. The maximum Gasteiger partial charge on any atom is 0.0352 e.